The van der Waals surface area contributed by atoms with Crippen molar-refractivity contribution in [2.75, 3.05) is 11.8 Å². The third kappa shape index (κ3) is 3.59. The molecule has 0 atom stereocenters. The third-order valence-corrected chi connectivity index (χ3v) is 5.76. The molecular formula is C20H20N2O4S. The summed E-state index contributed by atoms with van der Waals surface area (Å²) in [6, 6.07) is 12.7. The first-order valence-corrected chi connectivity index (χ1v) is 9.75. The molecule has 0 aliphatic carbocycles. The fourth-order valence-corrected chi connectivity index (χ4v) is 4.03. The van der Waals surface area contributed by atoms with E-state index < -0.39 is 10.0 Å². The Hall–Kier alpha value is -3.06. The first-order chi connectivity index (χ1) is 12.9. The van der Waals surface area contributed by atoms with Crippen LogP contribution in [0.1, 0.15) is 5.56 Å². The van der Waals surface area contributed by atoms with Gasteiger partial charge >= 0.3 is 0 Å². The zero-order chi connectivity index (χ0) is 19.6. The van der Waals surface area contributed by atoms with Gasteiger partial charge in [0.1, 0.15) is 5.75 Å². The van der Waals surface area contributed by atoms with Crippen LogP contribution < -0.4 is 15.0 Å². The molecule has 0 radical (unpaired) electrons. The molecule has 0 saturated heterocycles. The van der Waals surface area contributed by atoms with Gasteiger partial charge < -0.3 is 9.30 Å². The van der Waals surface area contributed by atoms with Crippen molar-refractivity contribution in [3.05, 3.63) is 77.1 Å². The number of benzene rings is 2. The minimum absolute atomic E-state index is 0.126. The van der Waals surface area contributed by atoms with Crippen molar-refractivity contribution in [2.45, 2.75) is 11.3 Å². The standard InChI is InChI=1S/C20H20N2O4S/c1-4-5-16-17-10-13-20(23)22(2)19(17)12-11-18(16)21-27(24,25)15-8-6-14(26-3)7-9-15/h4,6-13,21H,1,5H2,2-3H3. The summed E-state index contributed by atoms with van der Waals surface area (Å²) in [4.78, 5) is 12.0. The van der Waals surface area contributed by atoms with Gasteiger partial charge in [0.15, 0.2) is 0 Å². The minimum Gasteiger partial charge on any atom is -0.497 e. The van der Waals surface area contributed by atoms with Crippen LogP contribution in [0.5, 0.6) is 5.75 Å². The van der Waals surface area contributed by atoms with Crippen LogP contribution >= 0.6 is 0 Å². The number of rotatable bonds is 6. The summed E-state index contributed by atoms with van der Waals surface area (Å²) in [7, 11) is -0.571. The van der Waals surface area contributed by atoms with Crippen molar-refractivity contribution < 1.29 is 13.2 Å². The zero-order valence-electron chi connectivity index (χ0n) is 15.1. The predicted molar refractivity (Wildman–Crippen MR) is 107 cm³/mol. The van der Waals surface area contributed by atoms with Crippen LogP contribution in [0.2, 0.25) is 0 Å². The summed E-state index contributed by atoms with van der Waals surface area (Å²) in [5, 5.41) is 0.798. The Balaban J connectivity index is 2.10. The van der Waals surface area contributed by atoms with Crippen molar-refractivity contribution in [1.29, 1.82) is 0 Å². The number of anilines is 1. The molecule has 1 aromatic heterocycles. The van der Waals surface area contributed by atoms with Gasteiger partial charge in [-0.25, -0.2) is 8.42 Å². The topological polar surface area (TPSA) is 77.4 Å². The number of fused-ring (bicyclic) bond motifs is 1. The molecule has 0 spiro atoms. The maximum atomic E-state index is 12.8. The number of nitrogens with zero attached hydrogens (tertiary/aromatic N) is 1. The quantitative estimate of drug-likeness (QED) is 0.663. The van der Waals surface area contributed by atoms with E-state index in [0.717, 1.165) is 16.5 Å². The highest BCUT2D eigenvalue weighted by atomic mass is 32.2. The molecule has 0 aliphatic heterocycles. The van der Waals surface area contributed by atoms with Gasteiger partial charge in [0.2, 0.25) is 0 Å². The molecule has 1 N–H and O–H groups in total. The molecule has 2 aromatic carbocycles. The van der Waals surface area contributed by atoms with Gasteiger partial charge in [-0.15, -0.1) is 6.58 Å². The fraction of sp³-hybridized carbons (Fsp3) is 0.150. The molecule has 0 aliphatic rings. The number of nitrogens with one attached hydrogen (secondary N) is 1. The summed E-state index contributed by atoms with van der Waals surface area (Å²) in [5.74, 6) is 0.577. The highest BCUT2D eigenvalue weighted by molar-refractivity contribution is 7.92. The number of aromatic nitrogens is 1. The molecule has 3 rings (SSSR count). The lowest BCUT2D eigenvalue weighted by Crippen LogP contribution is -2.17. The Labute approximate surface area is 157 Å². The average Bonchev–Trinajstić information content (AvgIpc) is 2.66. The van der Waals surface area contributed by atoms with E-state index in [1.165, 1.54) is 29.9 Å². The van der Waals surface area contributed by atoms with Crippen molar-refractivity contribution in [2.24, 2.45) is 7.05 Å². The lowest BCUT2D eigenvalue weighted by molar-refractivity contribution is 0.414. The van der Waals surface area contributed by atoms with E-state index in [4.69, 9.17) is 4.74 Å². The van der Waals surface area contributed by atoms with Gasteiger partial charge in [-0.2, -0.15) is 0 Å². The second kappa shape index (κ2) is 7.28. The number of ether oxygens (including phenoxy) is 1. The van der Waals surface area contributed by atoms with E-state index in [9.17, 15) is 13.2 Å². The SMILES string of the molecule is C=CCc1c(NS(=O)(=O)c2ccc(OC)cc2)ccc2c1ccc(=O)n2C. The third-order valence-electron chi connectivity index (χ3n) is 4.38. The van der Waals surface area contributed by atoms with Gasteiger partial charge in [-0.1, -0.05) is 6.08 Å². The highest BCUT2D eigenvalue weighted by Gasteiger charge is 2.17. The molecule has 0 saturated carbocycles. The Morgan fingerprint density at radius 1 is 1.11 bits per heavy atom. The van der Waals surface area contributed by atoms with Crippen molar-refractivity contribution in [3.8, 4) is 5.75 Å². The fourth-order valence-electron chi connectivity index (χ4n) is 2.93. The summed E-state index contributed by atoms with van der Waals surface area (Å²) >= 11 is 0. The monoisotopic (exact) mass is 384 g/mol. The Morgan fingerprint density at radius 3 is 2.44 bits per heavy atom. The average molecular weight is 384 g/mol. The molecular weight excluding hydrogens is 364 g/mol. The maximum absolute atomic E-state index is 12.8. The molecule has 0 bridgehead atoms. The number of pyridine rings is 1. The van der Waals surface area contributed by atoms with E-state index in [0.29, 0.717) is 17.9 Å². The number of hydrogen-bond donors (Lipinski definition) is 1. The van der Waals surface area contributed by atoms with Crippen molar-refractivity contribution in [3.63, 3.8) is 0 Å². The van der Waals surface area contributed by atoms with Crippen LogP contribution in [-0.4, -0.2) is 20.1 Å². The number of hydrogen-bond acceptors (Lipinski definition) is 4. The van der Waals surface area contributed by atoms with Gasteiger partial charge in [-0.3, -0.25) is 9.52 Å². The smallest absolute Gasteiger partial charge is 0.261 e. The van der Waals surface area contributed by atoms with E-state index in [2.05, 4.69) is 11.3 Å². The lowest BCUT2D eigenvalue weighted by Gasteiger charge is -2.16. The van der Waals surface area contributed by atoms with E-state index >= 15 is 0 Å². The number of allylic oxidation sites excluding steroid dienone is 1. The maximum Gasteiger partial charge on any atom is 0.261 e. The summed E-state index contributed by atoms with van der Waals surface area (Å²) < 4.78 is 34.8. The Kier molecular flexibility index (Phi) is 5.05. The van der Waals surface area contributed by atoms with Crippen LogP contribution in [-0.2, 0) is 23.5 Å². The summed E-state index contributed by atoms with van der Waals surface area (Å²) in [5.41, 5.74) is 1.82. The van der Waals surface area contributed by atoms with Crippen molar-refractivity contribution >= 4 is 26.6 Å². The zero-order valence-corrected chi connectivity index (χ0v) is 15.9. The van der Waals surface area contributed by atoms with Gasteiger partial charge in [0.05, 0.1) is 23.2 Å². The van der Waals surface area contributed by atoms with Crippen LogP contribution in [0.3, 0.4) is 0 Å². The molecule has 0 amide bonds. The molecule has 1 heterocycles. The van der Waals surface area contributed by atoms with Crippen LogP contribution in [0.15, 0.2) is 70.9 Å². The van der Waals surface area contributed by atoms with E-state index in [1.807, 2.05) is 0 Å². The van der Waals surface area contributed by atoms with Gasteiger partial charge in [0, 0.05) is 18.5 Å². The van der Waals surface area contributed by atoms with Crippen LogP contribution in [0.4, 0.5) is 5.69 Å². The Bertz CT molecular complexity index is 1160. The number of aryl methyl sites for hydroxylation is 1. The van der Waals surface area contributed by atoms with E-state index in [1.54, 1.807) is 43.5 Å². The first kappa shape index (κ1) is 18.7. The van der Waals surface area contributed by atoms with Crippen LogP contribution in [0, 0.1) is 0 Å². The largest absolute Gasteiger partial charge is 0.497 e. The normalized spacial score (nSPS) is 11.3. The number of methoxy groups -OCH3 is 1. The molecule has 0 fully saturated rings. The van der Waals surface area contributed by atoms with E-state index in [-0.39, 0.29) is 10.5 Å². The molecule has 7 heteroatoms. The predicted octanol–water partition coefficient (Wildman–Crippen LogP) is 3.08. The molecule has 6 nitrogen and oxygen atoms in total. The second-order valence-corrected chi connectivity index (χ2v) is 7.71. The Morgan fingerprint density at radius 2 is 1.81 bits per heavy atom. The number of sulfonamides is 1. The summed E-state index contributed by atoms with van der Waals surface area (Å²) in [6.07, 6.45) is 2.15. The molecule has 27 heavy (non-hydrogen) atoms. The first-order valence-electron chi connectivity index (χ1n) is 8.27. The molecule has 3 aromatic rings. The van der Waals surface area contributed by atoms with Gasteiger partial charge in [0.25, 0.3) is 15.6 Å². The van der Waals surface area contributed by atoms with Crippen LogP contribution in [0.25, 0.3) is 10.9 Å². The molecule has 140 valence electrons. The lowest BCUT2D eigenvalue weighted by atomic mass is 10.0. The highest BCUT2D eigenvalue weighted by Crippen LogP contribution is 2.28. The second-order valence-electron chi connectivity index (χ2n) is 6.03. The molecule has 0 unspecified atom stereocenters. The minimum atomic E-state index is -3.77. The van der Waals surface area contributed by atoms with Gasteiger partial charge in [-0.05, 0) is 54.4 Å². The summed E-state index contributed by atoms with van der Waals surface area (Å²) in [6.45, 7) is 3.76. The van der Waals surface area contributed by atoms with Crippen molar-refractivity contribution in [1.82, 2.24) is 4.57 Å².